The first-order valence-electron chi connectivity index (χ1n) is 12.6. The predicted molar refractivity (Wildman–Crippen MR) is 142 cm³/mol. The number of anilines is 1. The standard InChI is InChI=1S/C19H21ClN6O.C7H15N/c20-14-3-1-13(2-4-14)11-23-18(27)19(21)6-9-26(10-7-19)17-15-5-8-22-16(15)24-12-25-17;1-2-8-6-4-3-5-7-8/h1-5,8,12H,6-7,9-11,21H2,(H,23,27)(H,22,24,25);2-7H2,1H3. The van der Waals surface area contributed by atoms with Crippen molar-refractivity contribution in [2.24, 2.45) is 5.73 Å². The zero-order valence-electron chi connectivity index (χ0n) is 20.5. The summed E-state index contributed by atoms with van der Waals surface area (Å²) in [5, 5.41) is 4.61. The van der Waals surface area contributed by atoms with Gasteiger partial charge >= 0.3 is 0 Å². The number of likely N-dealkylation sites (tertiary alicyclic amines) is 1. The Hall–Kier alpha value is -2.68. The quantitative estimate of drug-likeness (QED) is 0.496. The van der Waals surface area contributed by atoms with E-state index in [1.807, 2.05) is 36.5 Å². The van der Waals surface area contributed by atoms with Gasteiger partial charge in [0.2, 0.25) is 5.91 Å². The van der Waals surface area contributed by atoms with Crippen molar-refractivity contribution in [3.05, 3.63) is 53.4 Å². The van der Waals surface area contributed by atoms with Crippen LogP contribution in [-0.2, 0) is 11.3 Å². The number of halogens is 1. The fourth-order valence-corrected chi connectivity index (χ4v) is 4.82. The van der Waals surface area contributed by atoms with Crippen LogP contribution in [0.2, 0.25) is 5.02 Å². The summed E-state index contributed by atoms with van der Waals surface area (Å²) in [7, 11) is 0. The minimum atomic E-state index is -0.868. The fourth-order valence-electron chi connectivity index (χ4n) is 4.69. The Kier molecular flexibility index (Phi) is 8.59. The molecule has 4 heterocycles. The lowest BCUT2D eigenvalue weighted by molar-refractivity contribution is -0.127. The summed E-state index contributed by atoms with van der Waals surface area (Å²) < 4.78 is 0. The number of fused-ring (bicyclic) bond motifs is 1. The second-order valence-electron chi connectivity index (χ2n) is 9.38. The van der Waals surface area contributed by atoms with E-state index < -0.39 is 5.54 Å². The monoisotopic (exact) mass is 497 g/mol. The third-order valence-electron chi connectivity index (χ3n) is 7.00. The minimum Gasteiger partial charge on any atom is -0.356 e. The van der Waals surface area contributed by atoms with Crippen LogP contribution in [0.1, 0.15) is 44.6 Å². The second-order valence-corrected chi connectivity index (χ2v) is 9.82. The maximum Gasteiger partial charge on any atom is 0.240 e. The highest BCUT2D eigenvalue weighted by molar-refractivity contribution is 6.30. The second kappa shape index (κ2) is 11.8. The number of nitrogens with one attached hydrogen (secondary N) is 2. The van der Waals surface area contributed by atoms with E-state index in [4.69, 9.17) is 17.3 Å². The number of amides is 1. The number of carbonyl (C=O) groups excluding carboxylic acids is 1. The van der Waals surface area contributed by atoms with Crippen LogP contribution in [0.5, 0.6) is 0 Å². The molecule has 0 spiro atoms. The van der Waals surface area contributed by atoms with Crippen LogP contribution in [0.15, 0.2) is 42.9 Å². The van der Waals surface area contributed by atoms with Gasteiger partial charge in [-0.1, -0.05) is 37.1 Å². The molecule has 0 aliphatic carbocycles. The van der Waals surface area contributed by atoms with Gasteiger partial charge in [0.05, 0.1) is 10.9 Å². The first-order chi connectivity index (χ1) is 17.0. The smallest absolute Gasteiger partial charge is 0.240 e. The van der Waals surface area contributed by atoms with Crippen molar-refractivity contribution in [1.82, 2.24) is 25.2 Å². The number of aromatic nitrogens is 3. The molecule has 0 unspecified atom stereocenters. The molecule has 0 saturated carbocycles. The van der Waals surface area contributed by atoms with E-state index in [1.54, 1.807) is 6.33 Å². The third kappa shape index (κ3) is 6.51. The van der Waals surface area contributed by atoms with Gasteiger partial charge in [-0.15, -0.1) is 0 Å². The maximum atomic E-state index is 12.7. The fraction of sp³-hybridized carbons (Fsp3) is 0.500. The van der Waals surface area contributed by atoms with Crippen LogP contribution < -0.4 is 16.0 Å². The molecule has 2 aliphatic rings. The summed E-state index contributed by atoms with van der Waals surface area (Å²) in [4.78, 5) is 29.1. The van der Waals surface area contributed by atoms with Crippen molar-refractivity contribution >= 4 is 34.4 Å². The Balaban J connectivity index is 0.000000308. The summed E-state index contributed by atoms with van der Waals surface area (Å²) in [5.74, 6) is 0.761. The van der Waals surface area contributed by atoms with Crippen molar-refractivity contribution < 1.29 is 4.79 Å². The number of H-pyrrole nitrogens is 1. The summed E-state index contributed by atoms with van der Waals surface area (Å²) in [6, 6.07) is 9.37. The molecule has 2 saturated heterocycles. The molecule has 2 aromatic heterocycles. The number of hydrogen-bond donors (Lipinski definition) is 3. The number of hydrogen-bond acceptors (Lipinski definition) is 6. The molecule has 1 amide bonds. The molecular weight excluding hydrogens is 462 g/mol. The Morgan fingerprint density at radius 1 is 1.09 bits per heavy atom. The lowest BCUT2D eigenvalue weighted by Gasteiger charge is -2.38. The molecule has 0 radical (unpaired) electrons. The van der Waals surface area contributed by atoms with Gasteiger partial charge in [-0.3, -0.25) is 4.79 Å². The maximum absolute atomic E-state index is 12.7. The van der Waals surface area contributed by atoms with Crippen molar-refractivity contribution in [2.45, 2.75) is 51.1 Å². The zero-order valence-corrected chi connectivity index (χ0v) is 21.2. The average Bonchev–Trinajstić information content (AvgIpc) is 3.39. The highest BCUT2D eigenvalue weighted by Gasteiger charge is 2.38. The van der Waals surface area contributed by atoms with Gasteiger partial charge < -0.3 is 25.8 Å². The van der Waals surface area contributed by atoms with Crippen molar-refractivity contribution in [1.29, 1.82) is 0 Å². The molecule has 3 aromatic rings. The molecule has 2 aliphatic heterocycles. The van der Waals surface area contributed by atoms with Gasteiger partial charge in [-0.2, -0.15) is 0 Å². The number of nitrogens with two attached hydrogens (primary N) is 1. The Morgan fingerprint density at radius 2 is 1.80 bits per heavy atom. The van der Waals surface area contributed by atoms with Crippen LogP contribution >= 0.6 is 11.6 Å². The molecule has 188 valence electrons. The van der Waals surface area contributed by atoms with Gasteiger partial charge in [0.15, 0.2) is 0 Å². The topological polar surface area (TPSA) is 103 Å². The number of aromatic amines is 1. The summed E-state index contributed by atoms with van der Waals surface area (Å²) in [6.07, 6.45) is 8.84. The Morgan fingerprint density at radius 3 is 2.46 bits per heavy atom. The normalized spacial score (nSPS) is 18.1. The lowest BCUT2D eigenvalue weighted by atomic mass is 9.87. The van der Waals surface area contributed by atoms with Crippen LogP contribution in [0.4, 0.5) is 5.82 Å². The molecule has 5 rings (SSSR count). The first-order valence-corrected chi connectivity index (χ1v) is 12.9. The van der Waals surface area contributed by atoms with Crippen LogP contribution in [0, 0.1) is 0 Å². The molecule has 35 heavy (non-hydrogen) atoms. The minimum absolute atomic E-state index is 0.119. The number of piperidine rings is 2. The van der Waals surface area contributed by atoms with E-state index in [2.05, 4.69) is 37.0 Å². The lowest BCUT2D eigenvalue weighted by Crippen LogP contribution is -2.59. The van der Waals surface area contributed by atoms with E-state index in [0.717, 1.165) is 22.4 Å². The molecule has 0 bridgehead atoms. The van der Waals surface area contributed by atoms with E-state index >= 15 is 0 Å². The van der Waals surface area contributed by atoms with E-state index in [0.29, 0.717) is 37.5 Å². The van der Waals surface area contributed by atoms with Gasteiger partial charge in [0.25, 0.3) is 0 Å². The van der Waals surface area contributed by atoms with Gasteiger partial charge in [0.1, 0.15) is 17.8 Å². The Bertz CT molecular complexity index is 1090. The number of rotatable bonds is 5. The van der Waals surface area contributed by atoms with Crippen LogP contribution in [0.3, 0.4) is 0 Å². The number of benzene rings is 1. The molecule has 2 fully saturated rings. The molecule has 0 atom stereocenters. The van der Waals surface area contributed by atoms with Gasteiger partial charge in [-0.05, 0) is 69.1 Å². The Labute approximate surface area is 212 Å². The SMILES string of the molecule is CCN1CCCCC1.NC1(C(=O)NCc2ccc(Cl)cc2)CCN(c2ncnc3[nH]ccc23)CC1. The highest BCUT2D eigenvalue weighted by Crippen LogP contribution is 2.28. The van der Waals surface area contributed by atoms with Gasteiger partial charge in [0, 0.05) is 30.9 Å². The van der Waals surface area contributed by atoms with E-state index in [9.17, 15) is 4.79 Å². The molecule has 4 N–H and O–H groups in total. The molecule has 8 nitrogen and oxygen atoms in total. The van der Waals surface area contributed by atoms with Gasteiger partial charge in [-0.25, -0.2) is 9.97 Å². The van der Waals surface area contributed by atoms with E-state index in [-0.39, 0.29) is 5.91 Å². The molecular formula is C26H36ClN7O. The van der Waals surface area contributed by atoms with Crippen LogP contribution in [-0.4, -0.2) is 64.0 Å². The van der Waals surface area contributed by atoms with Crippen molar-refractivity contribution in [2.75, 3.05) is 37.6 Å². The molecule has 1 aromatic carbocycles. The van der Waals surface area contributed by atoms with Crippen molar-refractivity contribution in [3.63, 3.8) is 0 Å². The molecule has 9 heteroatoms. The largest absolute Gasteiger partial charge is 0.356 e. The van der Waals surface area contributed by atoms with Crippen molar-refractivity contribution in [3.8, 4) is 0 Å². The summed E-state index contributed by atoms with van der Waals surface area (Å²) >= 11 is 5.89. The predicted octanol–water partition coefficient (Wildman–Crippen LogP) is 3.72. The first kappa shape index (κ1) is 25.4. The third-order valence-corrected chi connectivity index (χ3v) is 7.25. The summed E-state index contributed by atoms with van der Waals surface area (Å²) in [6.45, 7) is 7.96. The summed E-state index contributed by atoms with van der Waals surface area (Å²) in [5.41, 5.74) is 7.36. The zero-order chi connectivity index (χ0) is 24.7. The number of carbonyl (C=O) groups is 1. The number of nitrogens with zero attached hydrogens (tertiary/aromatic N) is 4. The average molecular weight is 498 g/mol. The highest BCUT2D eigenvalue weighted by atomic mass is 35.5. The van der Waals surface area contributed by atoms with Crippen LogP contribution in [0.25, 0.3) is 11.0 Å². The van der Waals surface area contributed by atoms with E-state index in [1.165, 1.54) is 38.9 Å².